The summed E-state index contributed by atoms with van der Waals surface area (Å²) < 4.78 is 0. The van der Waals surface area contributed by atoms with Crippen LogP contribution < -0.4 is 5.73 Å². The Hall–Kier alpha value is -1.42. The molecule has 0 aromatic heterocycles. The van der Waals surface area contributed by atoms with Crippen LogP contribution in [0.5, 0.6) is 0 Å². The van der Waals surface area contributed by atoms with Crippen molar-refractivity contribution in [3.05, 3.63) is 35.4 Å². The molecule has 0 heterocycles. The van der Waals surface area contributed by atoms with Gasteiger partial charge in [-0.05, 0) is 6.07 Å². The number of aromatic carboxylic acids is 1. The average molecular weight is 181 g/mol. The minimum atomic E-state index is -1.02. The Labute approximate surface area is 74.8 Å². The number of hydrogen-bond acceptors (Lipinski definition) is 2. The molecule has 0 unspecified atom stereocenters. The van der Waals surface area contributed by atoms with Gasteiger partial charge in [0.1, 0.15) is 4.99 Å². The highest BCUT2D eigenvalue weighted by atomic mass is 32.1. The zero-order valence-corrected chi connectivity index (χ0v) is 6.97. The minimum Gasteiger partial charge on any atom is -0.478 e. The summed E-state index contributed by atoms with van der Waals surface area (Å²) in [5.41, 5.74) is 5.87. The molecule has 0 aliphatic heterocycles. The molecule has 0 aliphatic carbocycles. The van der Waals surface area contributed by atoms with Gasteiger partial charge in [0, 0.05) is 5.56 Å². The predicted molar refractivity (Wildman–Crippen MR) is 49.3 cm³/mol. The Kier molecular flexibility index (Phi) is 2.40. The first-order valence-electron chi connectivity index (χ1n) is 3.25. The molecule has 1 rings (SSSR count). The number of hydrogen-bond donors (Lipinski definition) is 2. The second kappa shape index (κ2) is 3.32. The Bertz CT molecular complexity index is 303. The average Bonchev–Trinajstić information content (AvgIpc) is 2.04. The van der Waals surface area contributed by atoms with Crippen molar-refractivity contribution < 1.29 is 9.90 Å². The summed E-state index contributed by atoms with van der Waals surface area (Å²) in [7, 11) is 0. The van der Waals surface area contributed by atoms with E-state index in [0.717, 1.165) is 0 Å². The number of thiocarbonyl (C=S) groups is 1. The van der Waals surface area contributed by atoms with Gasteiger partial charge in [-0.15, -0.1) is 0 Å². The third kappa shape index (κ3) is 1.60. The Morgan fingerprint density at radius 3 is 2.17 bits per heavy atom. The molecule has 1 aromatic rings. The van der Waals surface area contributed by atoms with Crippen LogP contribution in [0.4, 0.5) is 0 Å². The van der Waals surface area contributed by atoms with E-state index in [4.69, 9.17) is 10.8 Å². The van der Waals surface area contributed by atoms with Gasteiger partial charge < -0.3 is 10.8 Å². The SMILES string of the molecule is NC(=S)c1ccccc1C(=O)O. The van der Waals surface area contributed by atoms with Crippen LogP contribution in [-0.2, 0) is 0 Å². The lowest BCUT2D eigenvalue weighted by Gasteiger charge is -2.01. The number of carboxylic acid groups (broad SMARTS) is 1. The van der Waals surface area contributed by atoms with Gasteiger partial charge in [0.2, 0.25) is 0 Å². The van der Waals surface area contributed by atoms with E-state index in [0.29, 0.717) is 5.56 Å². The molecule has 0 fully saturated rings. The molecular formula is C8H7NO2S. The fraction of sp³-hybridized carbons (Fsp3) is 0. The van der Waals surface area contributed by atoms with E-state index in [1.165, 1.54) is 6.07 Å². The largest absolute Gasteiger partial charge is 0.478 e. The van der Waals surface area contributed by atoms with E-state index < -0.39 is 5.97 Å². The molecule has 0 saturated heterocycles. The summed E-state index contributed by atoms with van der Waals surface area (Å²) in [5, 5.41) is 8.70. The third-order valence-corrected chi connectivity index (χ3v) is 1.64. The molecular weight excluding hydrogens is 174 g/mol. The number of carboxylic acids is 1. The smallest absolute Gasteiger partial charge is 0.336 e. The van der Waals surface area contributed by atoms with Crippen LogP contribution in [0.2, 0.25) is 0 Å². The zero-order valence-electron chi connectivity index (χ0n) is 6.15. The number of benzene rings is 1. The first-order valence-corrected chi connectivity index (χ1v) is 3.66. The normalized spacial score (nSPS) is 9.33. The molecule has 0 spiro atoms. The second-order valence-electron chi connectivity index (χ2n) is 2.21. The lowest BCUT2D eigenvalue weighted by atomic mass is 10.1. The lowest BCUT2D eigenvalue weighted by molar-refractivity contribution is 0.0696. The maximum absolute atomic E-state index is 10.6. The number of nitrogens with two attached hydrogens (primary N) is 1. The third-order valence-electron chi connectivity index (χ3n) is 1.42. The minimum absolute atomic E-state index is 0.105. The highest BCUT2D eigenvalue weighted by molar-refractivity contribution is 7.80. The van der Waals surface area contributed by atoms with Crippen LogP contribution in [0.3, 0.4) is 0 Å². The monoisotopic (exact) mass is 181 g/mol. The van der Waals surface area contributed by atoms with Crippen molar-refractivity contribution in [1.82, 2.24) is 0 Å². The standard InChI is InChI=1S/C8H7NO2S/c9-7(12)5-3-1-2-4-6(5)8(10)11/h1-4H,(H2,9,12)(H,10,11). The Balaban J connectivity index is 3.27. The first-order chi connectivity index (χ1) is 5.63. The van der Waals surface area contributed by atoms with Gasteiger partial charge >= 0.3 is 5.97 Å². The summed E-state index contributed by atoms with van der Waals surface area (Å²) >= 11 is 4.68. The molecule has 0 atom stereocenters. The highest BCUT2D eigenvalue weighted by Crippen LogP contribution is 2.07. The lowest BCUT2D eigenvalue weighted by Crippen LogP contribution is -2.14. The van der Waals surface area contributed by atoms with Crippen LogP contribution >= 0.6 is 12.2 Å². The molecule has 1 aromatic carbocycles. The van der Waals surface area contributed by atoms with Crippen molar-refractivity contribution >= 4 is 23.2 Å². The number of rotatable bonds is 2. The van der Waals surface area contributed by atoms with Gasteiger partial charge in [-0.25, -0.2) is 4.79 Å². The van der Waals surface area contributed by atoms with Gasteiger partial charge in [-0.1, -0.05) is 30.4 Å². The van der Waals surface area contributed by atoms with Crippen LogP contribution in [0.15, 0.2) is 24.3 Å². The highest BCUT2D eigenvalue weighted by Gasteiger charge is 2.09. The first kappa shape index (κ1) is 8.67. The molecule has 0 radical (unpaired) electrons. The van der Waals surface area contributed by atoms with E-state index in [9.17, 15) is 4.79 Å². The van der Waals surface area contributed by atoms with Gasteiger partial charge in [-0.2, -0.15) is 0 Å². The van der Waals surface area contributed by atoms with Gasteiger partial charge in [-0.3, -0.25) is 0 Å². The van der Waals surface area contributed by atoms with Crippen LogP contribution in [-0.4, -0.2) is 16.1 Å². The van der Waals surface area contributed by atoms with Crippen molar-refractivity contribution in [2.75, 3.05) is 0 Å². The summed E-state index contributed by atoms with van der Waals surface area (Å²) in [5.74, 6) is -1.02. The number of carbonyl (C=O) groups is 1. The van der Waals surface area contributed by atoms with E-state index in [1.807, 2.05) is 0 Å². The summed E-state index contributed by atoms with van der Waals surface area (Å²) in [6.45, 7) is 0. The molecule has 0 saturated carbocycles. The fourth-order valence-corrected chi connectivity index (χ4v) is 1.06. The maximum Gasteiger partial charge on any atom is 0.336 e. The van der Waals surface area contributed by atoms with Gasteiger partial charge in [0.25, 0.3) is 0 Å². The Morgan fingerprint density at radius 2 is 1.83 bits per heavy atom. The van der Waals surface area contributed by atoms with Crippen molar-refractivity contribution in [3.8, 4) is 0 Å². The van der Waals surface area contributed by atoms with Crippen molar-refractivity contribution in [2.45, 2.75) is 0 Å². The van der Waals surface area contributed by atoms with Crippen molar-refractivity contribution in [3.63, 3.8) is 0 Å². The maximum atomic E-state index is 10.6. The second-order valence-corrected chi connectivity index (χ2v) is 2.65. The van der Waals surface area contributed by atoms with Crippen LogP contribution in [0.1, 0.15) is 15.9 Å². The van der Waals surface area contributed by atoms with Crippen LogP contribution in [0, 0.1) is 0 Å². The molecule has 0 amide bonds. The summed E-state index contributed by atoms with van der Waals surface area (Å²) in [6, 6.07) is 6.38. The van der Waals surface area contributed by atoms with Gasteiger partial charge in [0.15, 0.2) is 0 Å². The van der Waals surface area contributed by atoms with Crippen LogP contribution in [0.25, 0.3) is 0 Å². The molecule has 3 N–H and O–H groups in total. The fourth-order valence-electron chi connectivity index (χ4n) is 0.884. The molecule has 0 bridgehead atoms. The van der Waals surface area contributed by atoms with E-state index in [2.05, 4.69) is 12.2 Å². The topological polar surface area (TPSA) is 63.3 Å². The van der Waals surface area contributed by atoms with E-state index in [1.54, 1.807) is 18.2 Å². The Morgan fingerprint density at radius 1 is 1.33 bits per heavy atom. The summed E-state index contributed by atoms with van der Waals surface area (Å²) in [6.07, 6.45) is 0. The predicted octanol–water partition coefficient (Wildman–Crippen LogP) is 1.02. The molecule has 0 aliphatic rings. The van der Waals surface area contributed by atoms with Crippen molar-refractivity contribution in [2.24, 2.45) is 5.73 Å². The molecule has 3 nitrogen and oxygen atoms in total. The molecule has 62 valence electrons. The molecule has 4 heteroatoms. The molecule has 12 heavy (non-hydrogen) atoms. The van der Waals surface area contributed by atoms with E-state index in [-0.39, 0.29) is 10.6 Å². The van der Waals surface area contributed by atoms with Crippen molar-refractivity contribution in [1.29, 1.82) is 0 Å². The van der Waals surface area contributed by atoms with E-state index >= 15 is 0 Å². The quantitative estimate of drug-likeness (QED) is 0.668. The van der Waals surface area contributed by atoms with Gasteiger partial charge in [0.05, 0.1) is 5.56 Å². The summed E-state index contributed by atoms with van der Waals surface area (Å²) in [4.78, 5) is 10.7. The zero-order chi connectivity index (χ0) is 9.14.